The highest BCUT2D eigenvalue weighted by Crippen LogP contribution is 2.31. The summed E-state index contributed by atoms with van der Waals surface area (Å²) in [6, 6.07) is 8.12. The number of benzene rings is 1. The molecule has 1 aliphatic rings. The first kappa shape index (κ1) is 26.6. The number of methoxy groups -OCH3 is 1. The number of fused-ring (bicyclic) bond motifs is 3. The third-order valence-corrected chi connectivity index (χ3v) is 8.51. The van der Waals surface area contributed by atoms with Crippen LogP contribution in [0, 0.1) is 0 Å². The second-order valence-corrected chi connectivity index (χ2v) is 11.1. The SMILES string of the molecule is COCCCNC(=O)CSc1nc2c(sc3ccccc32)c(=O)n1CCCC(=O)NC1CCCCC1. The fourth-order valence-corrected chi connectivity index (χ4v) is 6.47. The van der Waals surface area contributed by atoms with E-state index in [2.05, 4.69) is 10.6 Å². The largest absolute Gasteiger partial charge is 0.385 e. The summed E-state index contributed by atoms with van der Waals surface area (Å²) in [7, 11) is 1.63. The van der Waals surface area contributed by atoms with Gasteiger partial charge in [0.2, 0.25) is 11.8 Å². The quantitative estimate of drug-likeness (QED) is 0.208. The molecule has 0 saturated heterocycles. The average molecular weight is 531 g/mol. The number of carbonyl (C=O) groups is 2. The van der Waals surface area contributed by atoms with Crippen LogP contribution in [0.3, 0.4) is 0 Å². The van der Waals surface area contributed by atoms with E-state index in [0.717, 1.165) is 29.3 Å². The highest BCUT2D eigenvalue weighted by atomic mass is 32.2. The molecule has 36 heavy (non-hydrogen) atoms. The lowest BCUT2D eigenvalue weighted by Gasteiger charge is -2.22. The summed E-state index contributed by atoms with van der Waals surface area (Å²) in [4.78, 5) is 43.2. The van der Waals surface area contributed by atoms with Gasteiger partial charge in [0, 0.05) is 49.4 Å². The summed E-state index contributed by atoms with van der Waals surface area (Å²) in [6.45, 7) is 1.51. The monoisotopic (exact) mass is 530 g/mol. The smallest absolute Gasteiger partial charge is 0.272 e. The maximum Gasteiger partial charge on any atom is 0.272 e. The van der Waals surface area contributed by atoms with Crippen molar-refractivity contribution in [3.8, 4) is 0 Å². The number of thiophene rings is 1. The van der Waals surface area contributed by atoms with Gasteiger partial charge >= 0.3 is 0 Å². The van der Waals surface area contributed by atoms with E-state index in [-0.39, 0.29) is 29.2 Å². The summed E-state index contributed by atoms with van der Waals surface area (Å²) in [5, 5.41) is 7.47. The Labute approximate surface area is 219 Å². The number of amides is 2. The topological polar surface area (TPSA) is 102 Å². The highest BCUT2D eigenvalue weighted by Gasteiger charge is 2.19. The van der Waals surface area contributed by atoms with Crippen LogP contribution in [-0.4, -0.2) is 53.4 Å². The number of hydrogen-bond donors (Lipinski definition) is 2. The summed E-state index contributed by atoms with van der Waals surface area (Å²) < 4.78 is 8.26. The molecule has 1 saturated carbocycles. The maximum absolute atomic E-state index is 13.5. The van der Waals surface area contributed by atoms with Gasteiger partial charge in [-0.2, -0.15) is 0 Å². The minimum Gasteiger partial charge on any atom is -0.385 e. The van der Waals surface area contributed by atoms with E-state index in [9.17, 15) is 14.4 Å². The molecule has 0 unspecified atom stereocenters. The van der Waals surface area contributed by atoms with Gasteiger partial charge in [0.1, 0.15) is 4.70 Å². The molecule has 1 fully saturated rings. The lowest BCUT2D eigenvalue weighted by Crippen LogP contribution is -2.36. The molecule has 2 aromatic heterocycles. The van der Waals surface area contributed by atoms with Crippen molar-refractivity contribution in [2.75, 3.05) is 26.0 Å². The Balaban J connectivity index is 1.48. The molecule has 0 atom stereocenters. The predicted molar refractivity (Wildman–Crippen MR) is 146 cm³/mol. The number of hydrogen-bond acceptors (Lipinski definition) is 7. The van der Waals surface area contributed by atoms with Gasteiger partial charge in [-0.3, -0.25) is 19.0 Å². The van der Waals surface area contributed by atoms with E-state index >= 15 is 0 Å². The Morgan fingerprint density at radius 3 is 2.78 bits per heavy atom. The van der Waals surface area contributed by atoms with E-state index in [1.807, 2.05) is 24.3 Å². The van der Waals surface area contributed by atoms with Gasteiger partial charge in [0.15, 0.2) is 5.16 Å². The molecule has 0 aliphatic heterocycles. The number of carbonyl (C=O) groups excluding carboxylic acids is 2. The Morgan fingerprint density at radius 1 is 1.17 bits per heavy atom. The Kier molecular flexibility index (Phi) is 9.77. The van der Waals surface area contributed by atoms with Crippen LogP contribution in [0.25, 0.3) is 20.3 Å². The minimum absolute atomic E-state index is 0.0375. The molecule has 0 radical (unpaired) electrons. The van der Waals surface area contributed by atoms with E-state index in [1.54, 1.807) is 11.7 Å². The summed E-state index contributed by atoms with van der Waals surface area (Å²) >= 11 is 2.70. The summed E-state index contributed by atoms with van der Waals surface area (Å²) in [6.07, 6.45) is 7.31. The van der Waals surface area contributed by atoms with Crippen LogP contribution in [0.2, 0.25) is 0 Å². The standard InChI is InChI=1S/C26H34N4O4S2/c1-34-16-8-14-27-22(32)17-35-26-29-23-19-11-5-6-12-20(19)36-24(23)25(33)30(26)15-7-13-21(31)28-18-9-3-2-4-10-18/h5-6,11-12,18H,2-4,7-10,13-17H2,1H3,(H,27,32)(H,28,31). The Bertz CT molecular complexity index is 1250. The summed E-state index contributed by atoms with van der Waals surface area (Å²) in [5.41, 5.74) is 0.562. The third kappa shape index (κ3) is 6.86. The van der Waals surface area contributed by atoms with E-state index in [0.29, 0.717) is 47.9 Å². The number of nitrogens with one attached hydrogen (secondary N) is 2. The lowest BCUT2D eigenvalue weighted by atomic mass is 9.95. The van der Waals surface area contributed by atoms with Crippen molar-refractivity contribution in [1.82, 2.24) is 20.2 Å². The molecule has 4 rings (SSSR count). The van der Waals surface area contributed by atoms with Gasteiger partial charge < -0.3 is 15.4 Å². The third-order valence-electron chi connectivity index (χ3n) is 6.38. The molecule has 194 valence electrons. The van der Waals surface area contributed by atoms with Crippen LogP contribution >= 0.6 is 23.1 Å². The zero-order valence-corrected chi connectivity index (χ0v) is 22.3. The summed E-state index contributed by atoms with van der Waals surface area (Å²) in [5.74, 6) is 0.0874. The molecule has 0 bridgehead atoms. The molecule has 3 aromatic rings. The van der Waals surface area contributed by atoms with E-state index < -0.39 is 0 Å². The number of rotatable bonds is 12. The van der Waals surface area contributed by atoms with Crippen molar-refractivity contribution < 1.29 is 14.3 Å². The molecule has 2 amide bonds. The number of ether oxygens (including phenoxy) is 1. The van der Waals surface area contributed by atoms with Crippen LogP contribution in [-0.2, 0) is 20.9 Å². The van der Waals surface area contributed by atoms with Crippen LogP contribution in [0.1, 0.15) is 51.4 Å². The maximum atomic E-state index is 13.5. The van der Waals surface area contributed by atoms with Crippen molar-refractivity contribution in [3.05, 3.63) is 34.6 Å². The van der Waals surface area contributed by atoms with Gasteiger partial charge in [0.05, 0.1) is 11.3 Å². The van der Waals surface area contributed by atoms with E-state index in [1.165, 1.54) is 42.4 Å². The molecule has 2 N–H and O–H groups in total. The predicted octanol–water partition coefficient (Wildman–Crippen LogP) is 4.09. The second-order valence-electron chi connectivity index (χ2n) is 9.12. The van der Waals surface area contributed by atoms with Crippen LogP contribution in [0.15, 0.2) is 34.2 Å². The van der Waals surface area contributed by atoms with Crippen LogP contribution in [0.4, 0.5) is 0 Å². The second kappa shape index (κ2) is 13.2. The van der Waals surface area contributed by atoms with Gasteiger partial charge in [-0.1, -0.05) is 49.2 Å². The van der Waals surface area contributed by atoms with Gasteiger partial charge in [-0.25, -0.2) is 4.98 Å². The van der Waals surface area contributed by atoms with Crippen molar-refractivity contribution in [2.24, 2.45) is 0 Å². The van der Waals surface area contributed by atoms with Crippen LogP contribution < -0.4 is 16.2 Å². The molecular formula is C26H34N4O4S2. The molecular weight excluding hydrogens is 496 g/mol. The lowest BCUT2D eigenvalue weighted by molar-refractivity contribution is -0.122. The molecule has 8 nitrogen and oxygen atoms in total. The number of nitrogens with zero attached hydrogens (tertiary/aromatic N) is 2. The molecule has 1 aliphatic carbocycles. The zero-order valence-electron chi connectivity index (χ0n) is 20.7. The molecule has 1 aromatic carbocycles. The number of aromatic nitrogens is 2. The Hall–Kier alpha value is -2.43. The Morgan fingerprint density at radius 2 is 1.97 bits per heavy atom. The fourth-order valence-electron chi connectivity index (χ4n) is 4.53. The highest BCUT2D eigenvalue weighted by molar-refractivity contribution is 7.99. The average Bonchev–Trinajstić information content (AvgIpc) is 3.26. The van der Waals surface area contributed by atoms with Crippen LogP contribution in [0.5, 0.6) is 0 Å². The van der Waals surface area contributed by atoms with Gasteiger partial charge in [0.25, 0.3) is 5.56 Å². The zero-order chi connectivity index (χ0) is 25.3. The molecule has 2 heterocycles. The van der Waals surface area contributed by atoms with Crippen molar-refractivity contribution >= 4 is 55.2 Å². The van der Waals surface area contributed by atoms with E-state index in [4.69, 9.17) is 9.72 Å². The van der Waals surface area contributed by atoms with Crippen molar-refractivity contribution in [3.63, 3.8) is 0 Å². The minimum atomic E-state index is -0.114. The molecule has 10 heteroatoms. The number of thioether (sulfide) groups is 1. The van der Waals surface area contributed by atoms with Crippen molar-refractivity contribution in [1.29, 1.82) is 0 Å². The van der Waals surface area contributed by atoms with Gasteiger partial charge in [-0.05, 0) is 31.7 Å². The first-order valence-electron chi connectivity index (χ1n) is 12.7. The van der Waals surface area contributed by atoms with Gasteiger partial charge in [-0.15, -0.1) is 11.3 Å². The van der Waals surface area contributed by atoms with Crippen molar-refractivity contribution in [2.45, 2.75) is 69.1 Å². The first-order valence-corrected chi connectivity index (χ1v) is 14.5. The fraction of sp³-hybridized carbons (Fsp3) is 0.538. The normalized spacial score (nSPS) is 14.4. The molecule has 0 spiro atoms. The first-order chi connectivity index (χ1) is 17.6.